The highest BCUT2D eigenvalue weighted by Gasteiger charge is 2.12. The van der Waals surface area contributed by atoms with E-state index in [1.807, 2.05) is 31.2 Å². The van der Waals surface area contributed by atoms with Gasteiger partial charge in [-0.3, -0.25) is 4.79 Å². The Morgan fingerprint density at radius 1 is 1.19 bits per heavy atom. The van der Waals surface area contributed by atoms with Gasteiger partial charge in [-0.1, -0.05) is 12.1 Å². The van der Waals surface area contributed by atoms with Gasteiger partial charge in [-0.15, -0.1) is 11.3 Å². The number of rotatable bonds is 6. The summed E-state index contributed by atoms with van der Waals surface area (Å²) in [6.07, 6.45) is 1.56. The quantitative estimate of drug-likeness (QED) is 0.511. The number of aromatic nitrogens is 1. The van der Waals surface area contributed by atoms with Gasteiger partial charge in [-0.25, -0.2) is 14.8 Å². The lowest BCUT2D eigenvalue weighted by molar-refractivity contribution is 0.0958. The van der Waals surface area contributed by atoms with Crippen LogP contribution in [-0.2, 0) is 6.61 Å². The second-order valence-corrected chi connectivity index (χ2v) is 7.03. The van der Waals surface area contributed by atoms with E-state index in [9.17, 15) is 9.18 Å². The molecule has 1 amide bonds. The van der Waals surface area contributed by atoms with Gasteiger partial charge in [0.1, 0.15) is 23.1 Å². The summed E-state index contributed by atoms with van der Waals surface area (Å²) in [7, 11) is 0. The second kappa shape index (κ2) is 8.55. The Kier molecular flexibility index (Phi) is 5.93. The normalized spacial score (nSPS) is 10.9. The minimum absolute atomic E-state index is 0.268. The van der Waals surface area contributed by atoms with Crippen LogP contribution in [0.3, 0.4) is 0 Å². The Balaban J connectivity index is 1.52. The molecule has 138 valence electrons. The van der Waals surface area contributed by atoms with E-state index in [0.29, 0.717) is 22.9 Å². The van der Waals surface area contributed by atoms with E-state index in [-0.39, 0.29) is 11.7 Å². The number of ether oxygens (including phenoxy) is 1. The van der Waals surface area contributed by atoms with Gasteiger partial charge < -0.3 is 4.74 Å². The predicted molar refractivity (Wildman–Crippen MR) is 104 cm³/mol. The van der Waals surface area contributed by atoms with Crippen LogP contribution >= 0.6 is 11.3 Å². The van der Waals surface area contributed by atoms with Crippen molar-refractivity contribution in [3.63, 3.8) is 0 Å². The van der Waals surface area contributed by atoms with Crippen molar-refractivity contribution in [1.82, 2.24) is 10.4 Å². The highest BCUT2D eigenvalue weighted by Crippen LogP contribution is 2.17. The van der Waals surface area contributed by atoms with Crippen LogP contribution in [0.1, 0.15) is 31.5 Å². The van der Waals surface area contributed by atoms with Gasteiger partial charge in [0, 0.05) is 0 Å². The number of halogens is 1. The molecule has 0 bridgehead atoms. The molecule has 1 aromatic heterocycles. The molecule has 0 radical (unpaired) electrons. The molecular weight excluding hydrogens is 365 g/mol. The molecule has 27 heavy (non-hydrogen) atoms. The van der Waals surface area contributed by atoms with Gasteiger partial charge >= 0.3 is 0 Å². The third-order valence-corrected chi connectivity index (χ3v) is 4.76. The Labute approximate surface area is 160 Å². The molecule has 0 fully saturated rings. The average Bonchev–Trinajstić information content (AvgIpc) is 3.00. The van der Waals surface area contributed by atoms with Gasteiger partial charge in [0.2, 0.25) is 0 Å². The summed E-state index contributed by atoms with van der Waals surface area (Å²) in [6, 6.07) is 13.5. The van der Waals surface area contributed by atoms with Crippen molar-refractivity contribution in [2.75, 3.05) is 0 Å². The van der Waals surface area contributed by atoms with E-state index >= 15 is 0 Å². The minimum atomic E-state index is -0.270. The van der Waals surface area contributed by atoms with Gasteiger partial charge in [0.15, 0.2) is 0 Å². The fourth-order valence-corrected chi connectivity index (χ4v) is 3.17. The van der Waals surface area contributed by atoms with E-state index in [2.05, 4.69) is 15.5 Å². The van der Waals surface area contributed by atoms with Crippen molar-refractivity contribution in [2.45, 2.75) is 20.5 Å². The maximum absolute atomic E-state index is 12.9. The largest absolute Gasteiger partial charge is 0.489 e. The minimum Gasteiger partial charge on any atom is -0.489 e. The van der Waals surface area contributed by atoms with Crippen LogP contribution in [0.4, 0.5) is 4.39 Å². The standard InChI is InChI=1S/C20H18FN3O2S/c1-13-19(27-14(2)23-13)20(25)24-22-11-15-5-9-18(10-6-15)26-12-16-3-7-17(21)8-4-16/h3-11H,12H2,1-2H3,(H,24,25)/b22-11+. The van der Waals surface area contributed by atoms with Crippen molar-refractivity contribution >= 4 is 23.5 Å². The smallest absolute Gasteiger partial charge is 0.283 e. The summed E-state index contributed by atoms with van der Waals surface area (Å²) < 4.78 is 18.5. The highest BCUT2D eigenvalue weighted by molar-refractivity contribution is 7.13. The maximum Gasteiger partial charge on any atom is 0.283 e. The predicted octanol–water partition coefficient (Wildman–Crippen LogP) is 4.24. The molecule has 0 spiro atoms. The van der Waals surface area contributed by atoms with Crippen LogP contribution in [0.5, 0.6) is 5.75 Å². The molecule has 0 aliphatic carbocycles. The lowest BCUT2D eigenvalue weighted by Crippen LogP contribution is -2.17. The number of aryl methyl sites for hydroxylation is 2. The highest BCUT2D eigenvalue weighted by atomic mass is 32.1. The molecule has 3 aromatic rings. The molecule has 5 nitrogen and oxygen atoms in total. The lowest BCUT2D eigenvalue weighted by atomic mass is 10.2. The number of hydrazone groups is 1. The summed E-state index contributed by atoms with van der Waals surface area (Å²) in [5.74, 6) is 0.153. The number of nitrogens with one attached hydrogen (secondary N) is 1. The van der Waals surface area contributed by atoms with E-state index in [0.717, 1.165) is 16.1 Å². The Bertz CT molecular complexity index is 950. The SMILES string of the molecule is Cc1nc(C)c(C(=O)N/N=C/c2ccc(OCc3ccc(F)cc3)cc2)s1. The zero-order chi connectivity index (χ0) is 19.2. The fourth-order valence-electron chi connectivity index (χ4n) is 2.36. The van der Waals surface area contributed by atoms with Crippen molar-refractivity contribution in [3.8, 4) is 5.75 Å². The second-order valence-electron chi connectivity index (χ2n) is 5.83. The molecule has 1 heterocycles. The van der Waals surface area contributed by atoms with Crippen molar-refractivity contribution < 1.29 is 13.9 Å². The van der Waals surface area contributed by atoms with Crippen molar-refractivity contribution in [1.29, 1.82) is 0 Å². The molecule has 7 heteroatoms. The van der Waals surface area contributed by atoms with E-state index in [1.165, 1.54) is 23.5 Å². The van der Waals surface area contributed by atoms with Crippen molar-refractivity contribution in [2.24, 2.45) is 5.10 Å². The number of hydrogen-bond donors (Lipinski definition) is 1. The molecule has 0 saturated heterocycles. The lowest BCUT2D eigenvalue weighted by Gasteiger charge is -2.06. The Hall–Kier alpha value is -3.06. The summed E-state index contributed by atoms with van der Waals surface area (Å²) in [5, 5.41) is 4.82. The summed E-state index contributed by atoms with van der Waals surface area (Å²) in [6.45, 7) is 4.02. The number of amides is 1. The first-order valence-corrected chi connectivity index (χ1v) is 9.07. The molecule has 0 atom stereocenters. The fraction of sp³-hybridized carbons (Fsp3) is 0.150. The average molecular weight is 383 g/mol. The molecule has 1 N–H and O–H groups in total. The summed E-state index contributed by atoms with van der Waals surface area (Å²) in [4.78, 5) is 16.9. The van der Waals surface area contributed by atoms with Gasteiger partial charge in [0.25, 0.3) is 5.91 Å². The molecule has 0 aliphatic rings. The first-order chi connectivity index (χ1) is 13.0. The Morgan fingerprint density at radius 2 is 1.89 bits per heavy atom. The van der Waals surface area contributed by atoms with Crippen LogP contribution in [0.25, 0.3) is 0 Å². The van der Waals surface area contributed by atoms with Crippen LogP contribution in [0.15, 0.2) is 53.6 Å². The molecule has 0 saturated carbocycles. The third kappa shape index (κ3) is 5.21. The van der Waals surface area contributed by atoms with Crippen LogP contribution in [-0.4, -0.2) is 17.1 Å². The van der Waals surface area contributed by atoms with Crippen molar-refractivity contribution in [3.05, 3.63) is 81.1 Å². The van der Waals surface area contributed by atoms with Gasteiger partial charge in [-0.2, -0.15) is 5.10 Å². The van der Waals surface area contributed by atoms with Crippen LogP contribution in [0.2, 0.25) is 0 Å². The third-order valence-electron chi connectivity index (χ3n) is 3.69. The number of thiazole rings is 1. The molecule has 0 unspecified atom stereocenters. The number of benzene rings is 2. The monoisotopic (exact) mass is 383 g/mol. The summed E-state index contributed by atoms with van der Waals surface area (Å²) in [5.41, 5.74) is 4.92. The van der Waals surface area contributed by atoms with E-state index in [4.69, 9.17) is 4.74 Å². The first kappa shape index (κ1) is 18.7. The number of nitrogens with zero attached hydrogens (tertiary/aromatic N) is 2. The topological polar surface area (TPSA) is 63.6 Å². The zero-order valence-corrected chi connectivity index (χ0v) is 15.7. The molecule has 2 aromatic carbocycles. The molecule has 0 aliphatic heterocycles. The van der Waals surface area contributed by atoms with E-state index in [1.54, 1.807) is 25.3 Å². The summed E-state index contributed by atoms with van der Waals surface area (Å²) >= 11 is 1.34. The molecule has 3 rings (SSSR count). The van der Waals surface area contributed by atoms with Gasteiger partial charge in [-0.05, 0) is 61.4 Å². The Morgan fingerprint density at radius 3 is 2.52 bits per heavy atom. The van der Waals surface area contributed by atoms with E-state index < -0.39 is 0 Å². The molecular formula is C20H18FN3O2S. The number of carbonyl (C=O) groups is 1. The zero-order valence-electron chi connectivity index (χ0n) is 14.9. The van der Waals surface area contributed by atoms with Crippen LogP contribution < -0.4 is 10.2 Å². The maximum atomic E-state index is 12.9. The number of hydrogen-bond acceptors (Lipinski definition) is 5. The first-order valence-electron chi connectivity index (χ1n) is 8.26. The van der Waals surface area contributed by atoms with Crippen LogP contribution in [0, 0.1) is 19.7 Å². The van der Waals surface area contributed by atoms with Gasteiger partial charge in [0.05, 0.1) is 16.9 Å². The number of carbonyl (C=O) groups excluding carboxylic acids is 1.